The standard InChI is InChI=1S/C9H9N3O2/c1-2-7-3-8-10-4-6(9(13)14)5-12(8)11-7/h3-5H,2H2,1H3,(H,13,14). The normalized spacial score (nSPS) is 10.6. The number of hydrogen-bond donors (Lipinski definition) is 1. The highest BCUT2D eigenvalue weighted by Crippen LogP contribution is 2.05. The van der Waals surface area contributed by atoms with Gasteiger partial charge in [0.15, 0.2) is 5.65 Å². The van der Waals surface area contributed by atoms with Crippen LogP contribution in [0.25, 0.3) is 5.65 Å². The Morgan fingerprint density at radius 2 is 2.43 bits per heavy atom. The van der Waals surface area contributed by atoms with Crippen LogP contribution in [-0.4, -0.2) is 25.7 Å². The third kappa shape index (κ3) is 1.32. The molecular weight excluding hydrogens is 182 g/mol. The first-order valence-corrected chi connectivity index (χ1v) is 4.28. The molecule has 1 N–H and O–H groups in total. The molecule has 0 spiro atoms. The fourth-order valence-electron chi connectivity index (χ4n) is 1.21. The molecule has 0 saturated carbocycles. The molecule has 0 radical (unpaired) electrons. The molecule has 0 bridgehead atoms. The minimum Gasteiger partial charge on any atom is -0.478 e. The molecule has 72 valence electrons. The quantitative estimate of drug-likeness (QED) is 0.768. The SMILES string of the molecule is CCc1cc2ncc(C(=O)O)cn2n1. The number of nitrogens with zero attached hydrogens (tertiary/aromatic N) is 3. The van der Waals surface area contributed by atoms with Gasteiger partial charge in [-0.25, -0.2) is 14.3 Å². The molecular formula is C9H9N3O2. The van der Waals surface area contributed by atoms with E-state index in [1.165, 1.54) is 16.9 Å². The summed E-state index contributed by atoms with van der Waals surface area (Å²) in [5.74, 6) is -0.993. The highest BCUT2D eigenvalue weighted by atomic mass is 16.4. The molecule has 0 saturated heterocycles. The number of aromatic nitrogens is 3. The Kier molecular flexibility index (Phi) is 1.92. The summed E-state index contributed by atoms with van der Waals surface area (Å²) in [6.07, 6.45) is 3.61. The van der Waals surface area contributed by atoms with E-state index in [0.29, 0.717) is 5.65 Å². The monoisotopic (exact) mass is 191 g/mol. The van der Waals surface area contributed by atoms with Crippen molar-refractivity contribution in [1.82, 2.24) is 14.6 Å². The van der Waals surface area contributed by atoms with E-state index in [-0.39, 0.29) is 5.56 Å². The van der Waals surface area contributed by atoms with Crippen molar-refractivity contribution in [3.8, 4) is 0 Å². The van der Waals surface area contributed by atoms with Crippen LogP contribution in [0.15, 0.2) is 18.5 Å². The highest BCUT2D eigenvalue weighted by molar-refractivity contribution is 5.87. The summed E-state index contributed by atoms with van der Waals surface area (Å²) in [6.45, 7) is 1.99. The fraction of sp³-hybridized carbons (Fsp3) is 0.222. The molecule has 0 aliphatic heterocycles. The van der Waals surface area contributed by atoms with Gasteiger partial charge in [-0.1, -0.05) is 6.92 Å². The van der Waals surface area contributed by atoms with Crippen molar-refractivity contribution < 1.29 is 9.90 Å². The van der Waals surface area contributed by atoms with Crippen molar-refractivity contribution in [2.24, 2.45) is 0 Å². The molecule has 0 amide bonds. The molecule has 0 atom stereocenters. The summed E-state index contributed by atoms with van der Waals surface area (Å²) in [7, 11) is 0. The van der Waals surface area contributed by atoms with Crippen molar-refractivity contribution in [3.05, 3.63) is 29.7 Å². The van der Waals surface area contributed by atoms with Gasteiger partial charge in [0.05, 0.1) is 11.3 Å². The van der Waals surface area contributed by atoms with Crippen LogP contribution < -0.4 is 0 Å². The number of aromatic carboxylic acids is 1. The van der Waals surface area contributed by atoms with Crippen molar-refractivity contribution in [3.63, 3.8) is 0 Å². The zero-order valence-corrected chi connectivity index (χ0v) is 7.64. The second kappa shape index (κ2) is 3.10. The lowest BCUT2D eigenvalue weighted by Crippen LogP contribution is -2.01. The van der Waals surface area contributed by atoms with E-state index >= 15 is 0 Å². The Balaban J connectivity index is 2.59. The van der Waals surface area contributed by atoms with Gasteiger partial charge in [-0.15, -0.1) is 0 Å². The average Bonchev–Trinajstić information content (AvgIpc) is 2.58. The van der Waals surface area contributed by atoms with E-state index in [1.807, 2.05) is 13.0 Å². The second-order valence-electron chi connectivity index (χ2n) is 2.94. The summed E-state index contributed by atoms with van der Waals surface area (Å²) in [5.41, 5.74) is 1.72. The molecule has 2 heterocycles. The van der Waals surface area contributed by atoms with Crippen molar-refractivity contribution in [1.29, 1.82) is 0 Å². The van der Waals surface area contributed by atoms with E-state index in [4.69, 9.17) is 5.11 Å². The molecule has 2 rings (SSSR count). The summed E-state index contributed by atoms with van der Waals surface area (Å²) in [6, 6.07) is 1.84. The van der Waals surface area contributed by atoms with Crippen LogP contribution in [0.4, 0.5) is 0 Å². The van der Waals surface area contributed by atoms with Crippen LogP contribution in [0.2, 0.25) is 0 Å². The predicted molar refractivity (Wildman–Crippen MR) is 49.3 cm³/mol. The van der Waals surface area contributed by atoms with Gasteiger partial charge in [0.2, 0.25) is 0 Å². The molecule has 14 heavy (non-hydrogen) atoms. The molecule has 0 fully saturated rings. The van der Waals surface area contributed by atoms with E-state index in [2.05, 4.69) is 10.1 Å². The zero-order valence-electron chi connectivity index (χ0n) is 7.64. The Labute approximate surface area is 80.0 Å². The Morgan fingerprint density at radius 3 is 3.07 bits per heavy atom. The van der Waals surface area contributed by atoms with Crippen molar-refractivity contribution in [2.75, 3.05) is 0 Å². The number of aryl methyl sites for hydroxylation is 1. The lowest BCUT2D eigenvalue weighted by Gasteiger charge is -1.94. The maximum atomic E-state index is 10.6. The Morgan fingerprint density at radius 1 is 1.64 bits per heavy atom. The number of carboxylic acid groups (broad SMARTS) is 1. The van der Waals surface area contributed by atoms with Gasteiger partial charge >= 0.3 is 5.97 Å². The summed E-state index contributed by atoms with van der Waals surface area (Å²) in [5, 5.41) is 12.9. The maximum absolute atomic E-state index is 10.6. The first-order valence-electron chi connectivity index (χ1n) is 4.28. The van der Waals surface area contributed by atoms with Gasteiger partial charge in [0.1, 0.15) is 0 Å². The highest BCUT2D eigenvalue weighted by Gasteiger charge is 2.06. The van der Waals surface area contributed by atoms with Gasteiger partial charge < -0.3 is 5.11 Å². The van der Waals surface area contributed by atoms with E-state index in [1.54, 1.807) is 0 Å². The van der Waals surface area contributed by atoms with Gasteiger partial charge in [-0.05, 0) is 6.42 Å². The third-order valence-corrected chi connectivity index (χ3v) is 1.97. The lowest BCUT2D eigenvalue weighted by molar-refractivity contribution is 0.0695. The van der Waals surface area contributed by atoms with Crippen LogP contribution in [0.1, 0.15) is 23.0 Å². The maximum Gasteiger partial charge on any atom is 0.338 e. The van der Waals surface area contributed by atoms with Gasteiger partial charge in [-0.2, -0.15) is 5.10 Å². The molecule has 5 heteroatoms. The molecule has 2 aromatic rings. The smallest absolute Gasteiger partial charge is 0.338 e. The molecule has 0 unspecified atom stereocenters. The van der Waals surface area contributed by atoms with Crippen LogP contribution >= 0.6 is 0 Å². The number of rotatable bonds is 2. The topological polar surface area (TPSA) is 67.5 Å². The number of carbonyl (C=O) groups is 1. The van der Waals surface area contributed by atoms with Crippen molar-refractivity contribution >= 4 is 11.6 Å². The van der Waals surface area contributed by atoms with Crippen LogP contribution in [0, 0.1) is 0 Å². The summed E-state index contributed by atoms with van der Waals surface area (Å²) < 4.78 is 1.49. The van der Waals surface area contributed by atoms with E-state index in [0.717, 1.165) is 12.1 Å². The van der Waals surface area contributed by atoms with Gasteiger partial charge in [0.25, 0.3) is 0 Å². The van der Waals surface area contributed by atoms with E-state index < -0.39 is 5.97 Å². The lowest BCUT2D eigenvalue weighted by atomic mass is 10.3. The number of carboxylic acids is 1. The number of hydrogen-bond acceptors (Lipinski definition) is 3. The third-order valence-electron chi connectivity index (χ3n) is 1.97. The second-order valence-corrected chi connectivity index (χ2v) is 2.94. The minimum atomic E-state index is -0.993. The molecule has 5 nitrogen and oxygen atoms in total. The first-order chi connectivity index (χ1) is 6.70. The summed E-state index contributed by atoms with van der Waals surface area (Å²) in [4.78, 5) is 14.6. The van der Waals surface area contributed by atoms with Crippen LogP contribution in [0.3, 0.4) is 0 Å². The Hall–Kier alpha value is -1.91. The molecule has 2 aromatic heterocycles. The van der Waals surface area contributed by atoms with Crippen LogP contribution in [0.5, 0.6) is 0 Å². The molecule has 0 aliphatic rings. The van der Waals surface area contributed by atoms with Crippen LogP contribution in [-0.2, 0) is 6.42 Å². The largest absolute Gasteiger partial charge is 0.478 e. The Bertz CT molecular complexity index is 490. The zero-order chi connectivity index (χ0) is 10.1. The van der Waals surface area contributed by atoms with Crippen molar-refractivity contribution in [2.45, 2.75) is 13.3 Å². The number of fused-ring (bicyclic) bond motifs is 1. The van der Waals surface area contributed by atoms with E-state index in [9.17, 15) is 4.79 Å². The average molecular weight is 191 g/mol. The summed E-state index contributed by atoms with van der Waals surface area (Å²) >= 11 is 0. The fourth-order valence-corrected chi connectivity index (χ4v) is 1.21. The first kappa shape index (κ1) is 8.68. The van der Waals surface area contributed by atoms with Gasteiger partial charge in [-0.3, -0.25) is 0 Å². The minimum absolute atomic E-state index is 0.142. The predicted octanol–water partition coefficient (Wildman–Crippen LogP) is 0.990. The van der Waals surface area contributed by atoms with Gasteiger partial charge in [0, 0.05) is 18.5 Å². The molecule has 0 aromatic carbocycles. The molecule has 0 aliphatic carbocycles.